The van der Waals surface area contributed by atoms with Gasteiger partial charge in [0.25, 0.3) is 0 Å². The molecule has 2 rings (SSSR count). The highest BCUT2D eigenvalue weighted by molar-refractivity contribution is 5.75. The van der Waals surface area contributed by atoms with E-state index in [1.165, 1.54) is 22.4 Å². The first-order valence-corrected chi connectivity index (χ1v) is 4.69. The molecule has 0 aromatic carbocycles. The summed E-state index contributed by atoms with van der Waals surface area (Å²) in [5, 5.41) is 0. The third-order valence-corrected chi connectivity index (χ3v) is 3.34. The Morgan fingerprint density at radius 2 is 1.92 bits per heavy atom. The molecule has 1 heteroatoms. The molecular weight excluding hydrogens is 158 g/mol. The number of hydrogen-bond acceptors (Lipinski definition) is 1. The van der Waals surface area contributed by atoms with E-state index < -0.39 is 0 Å². The molecule has 0 atom stereocenters. The van der Waals surface area contributed by atoms with Gasteiger partial charge in [-0.05, 0) is 31.1 Å². The van der Waals surface area contributed by atoms with Gasteiger partial charge in [0.2, 0.25) is 0 Å². The molecule has 1 aromatic rings. The molecule has 1 aliphatic carbocycles. The molecule has 1 heterocycles. The van der Waals surface area contributed by atoms with Crippen molar-refractivity contribution in [2.45, 2.75) is 33.1 Å². The standard InChI is InChI=1S/C12H15N/c1-8-9(2)12(3,4)10-6-5-7-13-11(8)10/h5-7H,1-4H3. The predicted molar refractivity (Wildman–Crippen MR) is 55.5 cm³/mol. The first kappa shape index (κ1) is 8.49. The van der Waals surface area contributed by atoms with Gasteiger partial charge in [-0.1, -0.05) is 25.5 Å². The van der Waals surface area contributed by atoms with E-state index in [1.807, 2.05) is 12.3 Å². The van der Waals surface area contributed by atoms with Crippen molar-refractivity contribution in [2.75, 3.05) is 0 Å². The monoisotopic (exact) mass is 173 g/mol. The Morgan fingerprint density at radius 3 is 2.54 bits per heavy atom. The quantitative estimate of drug-likeness (QED) is 0.587. The van der Waals surface area contributed by atoms with Crippen LogP contribution in [0, 0.1) is 0 Å². The third-order valence-electron chi connectivity index (χ3n) is 3.34. The normalized spacial score (nSPS) is 19.1. The van der Waals surface area contributed by atoms with Gasteiger partial charge in [0.05, 0.1) is 5.69 Å². The molecule has 13 heavy (non-hydrogen) atoms. The number of rotatable bonds is 0. The molecule has 0 saturated carbocycles. The van der Waals surface area contributed by atoms with Crippen molar-refractivity contribution in [3.8, 4) is 0 Å². The van der Waals surface area contributed by atoms with Crippen LogP contribution in [0.25, 0.3) is 5.57 Å². The molecular formula is C12H15N. The molecule has 0 amide bonds. The largest absolute Gasteiger partial charge is 0.256 e. The highest BCUT2D eigenvalue weighted by Crippen LogP contribution is 2.44. The van der Waals surface area contributed by atoms with Crippen molar-refractivity contribution >= 4 is 5.57 Å². The van der Waals surface area contributed by atoms with Gasteiger partial charge in [-0.25, -0.2) is 0 Å². The second kappa shape index (κ2) is 2.44. The molecule has 0 spiro atoms. The zero-order chi connectivity index (χ0) is 9.64. The molecule has 1 aliphatic rings. The topological polar surface area (TPSA) is 12.9 Å². The second-order valence-corrected chi connectivity index (χ2v) is 4.27. The molecule has 68 valence electrons. The average Bonchev–Trinajstić information content (AvgIpc) is 2.30. The molecule has 1 aromatic heterocycles. The summed E-state index contributed by atoms with van der Waals surface area (Å²) in [5.41, 5.74) is 5.52. The van der Waals surface area contributed by atoms with E-state index in [0.717, 1.165) is 0 Å². The van der Waals surface area contributed by atoms with Crippen molar-refractivity contribution in [3.63, 3.8) is 0 Å². The zero-order valence-electron chi connectivity index (χ0n) is 8.68. The molecule has 0 unspecified atom stereocenters. The van der Waals surface area contributed by atoms with Gasteiger partial charge in [-0.2, -0.15) is 0 Å². The van der Waals surface area contributed by atoms with Crippen molar-refractivity contribution in [2.24, 2.45) is 0 Å². The minimum absolute atomic E-state index is 0.174. The minimum atomic E-state index is 0.174. The van der Waals surface area contributed by atoms with Gasteiger partial charge in [0, 0.05) is 11.6 Å². The Balaban J connectivity index is 2.74. The van der Waals surface area contributed by atoms with Crippen LogP contribution < -0.4 is 0 Å². The van der Waals surface area contributed by atoms with E-state index in [4.69, 9.17) is 0 Å². The van der Waals surface area contributed by atoms with Crippen LogP contribution in [0.4, 0.5) is 0 Å². The van der Waals surface area contributed by atoms with Crippen LogP contribution >= 0.6 is 0 Å². The van der Waals surface area contributed by atoms with E-state index in [9.17, 15) is 0 Å². The highest BCUT2D eigenvalue weighted by Gasteiger charge is 2.33. The van der Waals surface area contributed by atoms with Gasteiger partial charge in [-0.15, -0.1) is 0 Å². The molecule has 0 fully saturated rings. The van der Waals surface area contributed by atoms with Crippen LogP contribution in [-0.2, 0) is 5.41 Å². The smallest absolute Gasteiger partial charge is 0.0699 e. The van der Waals surface area contributed by atoms with E-state index in [1.54, 1.807) is 0 Å². The average molecular weight is 173 g/mol. The zero-order valence-corrected chi connectivity index (χ0v) is 8.68. The Bertz CT molecular complexity index is 386. The van der Waals surface area contributed by atoms with E-state index in [0.29, 0.717) is 0 Å². The summed E-state index contributed by atoms with van der Waals surface area (Å²) in [6.07, 6.45) is 1.87. The SMILES string of the molecule is CC1=C(C)C(C)(C)c2cccnc21. The number of allylic oxidation sites excluding steroid dienone is 2. The van der Waals surface area contributed by atoms with Gasteiger partial charge in [0.15, 0.2) is 0 Å². The Labute approximate surface area is 79.5 Å². The number of fused-ring (bicyclic) bond motifs is 1. The number of nitrogens with zero attached hydrogens (tertiary/aromatic N) is 1. The molecule has 0 bridgehead atoms. The van der Waals surface area contributed by atoms with Gasteiger partial charge >= 0.3 is 0 Å². The fraction of sp³-hybridized carbons (Fsp3) is 0.417. The maximum atomic E-state index is 4.43. The summed E-state index contributed by atoms with van der Waals surface area (Å²) in [6, 6.07) is 4.20. The first-order valence-electron chi connectivity index (χ1n) is 4.69. The number of pyridine rings is 1. The molecule has 0 N–H and O–H groups in total. The van der Waals surface area contributed by atoms with Crippen molar-refractivity contribution in [1.82, 2.24) is 4.98 Å². The van der Waals surface area contributed by atoms with E-state index in [2.05, 4.69) is 38.7 Å². The van der Waals surface area contributed by atoms with E-state index >= 15 is 0 Å². The molecule has 0 aliphatic heterocycles. The lowest BCUT2D eigenvalue weighted by Crippen LogP contribution is -2.15. The van der Waals surface area contributed by atoms with Gasteiger partial charge in [-0.3, -0.25) is 4.98 Å². The maximum Gasteiger partial charge on any atom is 0.0699 e. The summed E-state index contributed by atoms with van der Waals surface area (Å²) in [7, 11) is 0. The van der Waals surface area contributed by atoms with Crippen LogP contribution in [-0.4, -0.2) is 4.98 Å². The van der Waals surface area contributed by atoms with Crippen LogP contribution in [0.3, 0.4) is 0 Å². The fourth-order valence-corrected chi connectivity index (χ4v) is 2.06. The lowest BCUT2D eigenvalue weighted by atomic mass is 9.82. The van der Waals surface area contributed by atoms with Crippen LogP contribution in [0.2, 0.25) is 0 Å². The van der Waals surface area contributed by atoms with Crippen LogP contribution in [0.5, 0.6) is 0 Å². The fourth-order valence-electron chi connectivity index (χ4n) is 2.06. The molecule has 1 nitrogen and oxygen atoms in total. The summed E-state index contributed by atoms with van der Waals surface area (Å²) in [4.78, 5) is 4.43. The van der Waals surface area contributed by atoms with Crippen molar-refractivity contribution < 1.29 is 0 Å². The van der Waals surface area contributed by atoms with Gasteiger partial charge < -0.3 is 0 Å². The molecule has 0 radical (unpaired) electrons. The summed E-state index contributed by atoms with van der Waals surface area (Å²) < 4.78 is 0. The summed E-state index contributed by atoms with van der Waals surface area (Å²) in [5.74, 6) is 0. The second-order valence-electron chi connectivity index (χ2n) is 4.27. The van der Waals surface area contributed by atoms with Crippen molar-refractivity contribution in [3.05, 3.63) is 35.2 Å². The summed E-state index contributed by atoms with van der Waals surface area (Å²) >= 11 is 0. The van der Waals surface area contributed by atoms with E-state index in [-0.39, 0.29) is 5.41 Å². The van der Waals surface area contributed by atoms with Crippen LogP contribution in [0.1, 0.15) is 39.0 Å². The Kier molecular flexibility index (Phi) is 1.59. The molecule has 0 saturated heterocycles. The van der Waals surface area contributed by atoms with Crippen LogP contribution in [0.15, 0.2) is 23.9 Å². The Morgan fingerprint density at radius 1 is 1.23 bits per heavy atom. The van der Waals surface area contributed by atoms with Gasteiger partial charge in [0.1, 0.15) is 0 Å². The lowest BCUT2D eigenvalue weighted by molar-refractivity contribution is 0.637. The number of aromatic nitrogens is 1. The number of hydrogen-bond donors (Lipinski definition) is 0. The lowest BCUT2D eigenvalue weighted by Gasteiger charge is -2.21. The predicted octanol–water partition coefficient (Wildman–Crippen LogP) is 3.17. The maximum absolute atomic E-state index is 4.43. The third kappa shape index (κ3) is 0.963. The minimum Gasteiger partial charge on any atom is -0.256 e. The first-order chi connectivity index (χ1) is 6.05. The van der Waals surface area contributed by atoms with Crippen molar-refractivity contribution in [1.29, 1.82) is 0 Å². The highest BCUT2D eigenvalue weighted by atomic mass is 14.7. The summed E-state index contributed by atoms with van der Waals surface area (Å²) in [6.45, 7) is 8.89. The Hall–Kier alpha value is -1.11.